The van der Waals surface area contributed by atoms with Crippen LogP contribution in [0.4, 0.5) is 0 Å². The van der Waals surface area contributed by atoms with E-state index in [2.05, 4.69) is 19.7 Å². The summed E-state index contributed by atoms with van der Waals surface area (Å²) < 4.78 is 0. The second-order valence-corrected chi connectivity index (χ2v) is 2.05. The zero-order chi connectivity index (χ0) is 8.15. The van der Waals surface area contributed by atoms with Crippen LogP contribution in [0.3, 0.4) is 0 Å². The fraction of sp³-hybridized carbons (Fsp3) is 0.250. The maximum atomic E-state index is 5.55. The highest BCUT2D eigenvalue weighted by Gasteiger charge is 2.03. The monoisotopic (exact) mass is 138 g/mol. The van der Waals surface area contributed by atoms with Crippen LogP contribution < -0.4 is 5.73 Å². The number of hydrogen-bond acceptors (Lipinski definition) is 2. The third-order valence-electron chi connectivity index (χ3n) is 1.25. The zero-order valence-electron chi connectivity index (χ0n) is 6.38. The average molecular weight is 138 g/mol. The molecule has 0 spiro atoms. The summed E-state index contributed by atoms with van der Waals surface area (Å²) in [4.78, 5) is 1.70. The molecule has 0 aromatic rings. The Morgan fingerprint density at radius 1 is 1.50 bits per heavy atom. The molecule has 0 radical (unpaired) electrons. The SMILES string of the molecule is C=CN(C=C)C(=C)C(C)N. The Morgan fingerprint density at radius 2 is 1.90 bits per heavy atom. The first kappa shape index (κ1) is 8.98. The maximum absolute atomic E-state index is 5.55. The molecule has 0 amide bonds. The molecule has 2 nitrogen and oxygen atoms in total. The van der Waals surface area contributed by atoms with Crippen molar-refractivity contribution < 1.29 is 0 Å². The van der Waals surface area contributed by atoms with Gasteiger partial charge in [-0.15, -0.1) is 0 Å². The Labute approximate surface area is 62.3 Å². The number of hydrogen-bond donors (Lipinski definition) is 1. The van der Waals surface area contributed by atoms with E-state index in [1.807, 2.05) is 6.92 Å². The van der Waals surface area contributed by atoms with Crippen LogP contribution >= 0.6 is 0 Å². The van der Waals surface area contributed by atoms with Gasteiger partial charge in [0, 0.05) is 24.1 Å². The highest BCUT2D eigenvalue weighted by Crippen LogP contribution is 2.04. The minimum absolute atomic E-state index is 0.0593. The summed E-state index contributed by atoms with van der Waals surface area (Å²) in [5.74, 6) is 0. The van der Waals surface area contributed by atoms with Gasteiger partial charge in [0.25, 0.3) is 0 Å². The van der Waals surface area contributed by atoms with Crippen molar-refractivity contribution in [3.05, 3.63) is 37.8 Å². The van der Waals surface area contributed by atoms with Gasteiger partial charge in [-0.1, -0.05) is 19.7 Å². The van der Waals surface area contributed by atoms with Gasteiger partial charge in [0.2, 0.25) is 0 Å². The molecule has 0 aromatic carbocycles. The van der Waals surface area contributed by atoms with Crippen LogP contribution in [-0.4, -0.2) is 10.9 Å². The van der Waals surface area contributed by atoms with E-state index in [1.54, 1.807) is 17.3 Å². The molecule has 0 aliphatic rings. The zero-order valence-corrected chi connectivity index (χ0v) is 6.38. The van der Waals surface area contributed by atoms with E-state index in [4.69, 9.17) is 5.73 Å². The largest absolute Gasteiger partial charge is 0.328 e. The summed E-state index contributed by atoms with van der Waals surface area (Å²) in [5, 5.41) is 0. The summed E-state index contributed by atoms with van der Waals surface area (Å²) >= 11 is 0. The highest BCUT2D eigenvalue weighted by molar-refractivity contribution is 5.08. The molecule has 0 bridgehead atoms. The first-order valence-electron chi connectivity index (χ1n) is 3.11. The summed E-state index contributed by atoms with van der Waals surface area (Å²) in [6, 6.07) is -0.0593. The quantitative estimate of drug-likeness (QED) is 0.637. The Bertz CT molecular complexity index is 139. The lowest BCUT2D eigenvalue weighted by Crippen LogP contribution is -2.25. The summed E-state index contributed by atoms with van der Waals surface area (Å²) in [6.07, 6.45) is 3.25. The highest BCUT2D eigenvalue weighted by atomic mass is 15.1. The van der Waals surface area contributed by atoms with Crippen LogP contribution in [0.5, 0.6) is 0 Å². The van der Waals surface area contributed by atoms with E-state index in [0.29, 0.717) is 0 Å². The van der Waals surface area contributed by atoms with Gasteiger partial charge in [-0.25, -0.2) is 0 Å². The van der Waals surface area contributed by atoms with E-state index < -0.39 is 0 Å². The molecule has 0 saturated carbocycles. The maximum Gasteiger partial charge on any atom is 0.0418 e. The predicted molar refractivity (Wildman–Crippen MR) is 45.0 cm³/mol. The molecule has 0 fully saturated rings. The van der Waals surface area contributed by atoms with Gasteiger partial charge in [0.15, 0.2) is 0 Å². The second-order valence-electron chi connectivity index (χ2n) is 2.05. The minimum Gasteiger partial charge on any atom is -0.328 e. The molecular weight excluding hydrogens is 124 g/mol. The minimum atomic E-state index is -0.0593. The van der Waals surface area contributed by atoms with E-state index >= 15 is 0 Å². The number of nitrogens with two attached hydrogens (primary N) is 1. The van der Waals surface area contributed by atoms with Crippen molar-refractivity contribution >= 4 is 0 Å². The topological polar surface area (TPSA) is 29.3 Å². The number of rotatable bonds is 4. The molecule has 0 aliphatic heterocycles. The summed E-state index contributed by atoms with van der Waals surface area (Å²) in [6.45, 7) is 12.8. The molecule has 2 heteroatoms. The third-order valence-corrected chi connectivity index (χ3v) is 1.25. The average Bonchev–Trinajstić information content (AvgIpc) is 1.90. The van der Waals surface area contributed by atoms with Crippen molar-refractivity contribution in [3.8, 4) is 0 Å². The van der Waals surface area contributed by atoms with Crippen LogP contribution in [0, 0.1) is 0 Å². The van der Waals surface area contributed by atoms with Crippen LogP contribution in [0.25, 0.3) is 0 Å². The van der Waals surface area contributed by atoms with E-state index in [0.717, 1.165) is 5.70 Å². The van der Waals surface area contributed by atoms with Crippen LogP contribution in [0.1, 0.15) is 6.92 Å². The molecule has 0 saturated heterocycles. The van der Waals surface area contributed by atoms with Gasteiger partial charge in [-0.2, -0.15) is 0 Å². The molecular formula is C8H14N2. The van der Waals surface area contributed by atoms with E-state index in [1.165, 1.54) is 0 Å². The van der Waals surface area contributed by atoms with Gasteiger partial charge in [0.1, 0.15) is 0 Å². The van der Waals surface area contributed by atoms with Crippen molar-refractivity contribution in [2.45, 2.75) is 13.0 Å². The fourth-order valence-electron chi connectivity index (χ4n) is 0.544. The molecule has 56 valence electrons. The first-order chi connectivity index (χ1) is 4.63. The Kier molecular flexibility index (Phi) is 3.51. The molecule has 1 unspecified atom stereocenters. The smallest absolute Gasteiger partial charge is 0.0418 e. The van der Waals surface area contributed by atoms with Gasteiger partial charge >= 0.3 is 0 Å². The fourth-order valence-corrected chi connectivity index (χ4v) is 0.544. The van der Waals surface area contributed by atoms with E-state index in [-0.39, 0.29) is 6.04 Å². The molecule has 10 heavy (non-hydrogen) atoms. The number of nitrogens with zero attached hydrogens (tertiary/aromatic N) is 1. The Hall–Kier alpha value is -1.02. The predicted octanol–water partition coefficient (Wildman–Crippen LogP) is 1.44. The second kappa shape index (κ2) is 3.90. The van der Waals surface area contributed by atoms with Gasteiger partial charge in [-0.3, -0.25) is 0 Å². The van der Waals surface area contributed by atoms with Gasteiger partial charge < -0.3 is 10.6 Å². The van der Waals surface area contributed by atoms with E-state index in [9.17, 15) is 0 Å². The van der Waals surface area contributed by atoms with Crippen LogP contribution in [0.2, 0.25) is 0 Å². The lowest BCUT2D eigenvalue weighted by Gasteiger charge is -2.19. The van der Waals surface area contributed by atoms with Crippen molar-refractivity contribution in [1.82, 2.24) is 4.90 Å². The first-order valence-corrected chi connectivity index (χ1v) is 3.11. The molecule has 0 aliphatic carbocycles. The Morgan fingerprint density at radius 3 is 2.00 bits per heavy atom. The van der Waals surface area contributed by atoms with Crippen molar-refractivity contribution in [3.63, 3.8) is 0 Å². The van der Waals surface area contributed by atoms with Crippen LogP contribution in [0.15, 0.2) is 37.8 Å². The summed E-state index contributed by atoms with van der Waals surface area (Å²) in [5.41, 5.74) is 6.35. The lowest BCUT2D eigenvalue weighted by atomic mass is 10.2. The van der Waals surface area contributed by atoms with Gasteiger partial charge in [0.05, 0.1) is 0 Å². The van der Waals surface area contributed by atoms with Crippen molar-refractivity contribution in [2.24, 2.45) is 5.73 Å². The van der Waals surface area contributed by atoms with Gasteiger partial charge in [-0.05, 0) is 6.92 Å². The molecule has 1 atom stereocenters. The van der Waals surface area contributed by atoms with Crippen molar-refractivity contribution in [2.75, 3.05) is 0 Å². The lowest BCUT2D eigenvalue weighted by molar-refractivity contribution is 0.571. The molecule has 0 rings (SSSR count). The third kappa shape index (κ3) is 2.07. The molecule has 0 aromatic heterocycles. The van der Waals surface area contributed by atoms with Crippen molar-refractivity contribution in [1.29, 1.82) is 0 Å². The summed E-state index contributed by atoms with van der Waals surface area (Å²) in [7, 11) is 0. The molecule has 2 N–H and O–H groups in total. The standard InChI is InChI=1S/C8H14N2/c1-5-10(6-2)8(4)7(3)9/h5-7H,1-2,4,9H2,3H3. The Balaban J connectivity index is 4.15. The molecule has 0 heterocycles. The van der Waals surface area contributed by atoms with Crippen LogP contribution in [-0.2, 0) is 0 Å². The normalized spacial score (nSPS) is 11.8.